The molecule has 1 unspecified atom stereocenters. The second-order valence-corrected chi connectivity index (χ2v) is 8.01. The minimum Gasteiger partial charge on any atom is -0.492 e. The van der Waals surface area contributed by atoms with Crippen LogP contribution in [0, 0.1) is 5.92 Å². The minimum atomic E-state index is -0.361. The lowest BCUT2D eigenvalue weighted by atomic mass is 9.85. The van der Waals surface area contributed by atoms with Gasteiger partial charge in [-0.05, 0) is 62.4 Å². The summed E-state index contributed by atoms with van der Waals surface area (Å²) >= 11 is 0. The first kappa shape index (κ1) is 22.8. The van der Waals surface area contributed by atoms with E-state index in [0.29, 0.717) is 18.2 Å². The molecule has 0 aromatic heterocycles. The molecule has 0 radical (unpaired) electrons. The summed E-state index contributed by atoms with van der Waals surface area (Å²) in [7, 11) is 1.36. The number of nitrogens with one attached hydrogen (secondary N) is 2. The van der Waals surface area contributed by atoms with Crippen molar-refractivity contribution in [3.05, 3.63) is 65.7 Å². The van der Waals surface area contributed by atoms with Crippen LogP contribution in [0.25, 0.3) is 0 Å². The van der Waals surface area contributed by atoms with Crippen LogP contribution < -0.4 is 15.4 Å². The molecular weight excluding hydrogens is 392 g/mol. The molecule has 31 heavy (non-hydrogen) atoms. The third kappa shape index (κ3) is 6.82. The first-order valence-corrected chi connectivity index (χ1v) is 11.0. The number of para-hydroxylation sites is 1. The van der Waals surface area contributed by atoms with Crippen molar-refractivity contribution in [1.82, 2.24) is 10.6 Å². The maximum absolute atomic E-state index is 12.7. The Morgan fingerprint density at radius 1 is 1.00 bits per heavy atom. The van der Waals surface area contributed by atoms with Gasteiger partial charge in [-0.1, -0.05) is 30.3 Å². The highest BCUT2D eigenvalue weighted by molar-refractivity contribution is 5.89. The lowest BCUT2D eigenvalue weighted by Crippen LogP contribution is -2.40. The fourth-order valence-electron chi connectivity index (χ4n) is 3.95. The van der Waals surface area contributed by atoms with Gasteiger partial charge in [0, 0.05) is 18.5 Å². The Morgan fingerprint density at radius 3 is 2.32 bits per heavy atom. The normalized spacial score (nSPS) is 19.3. The molecule has 166 valence electrons. The van der Waals surface area contributed by atoms with E-state index in [9.17, 15) is 9.59 Å². The fraction of sp³-hybridized carbons (Fsp3) is 0.440. The van der Waals surface area contributed by atoms with Gasteiger partial charge in [-0.25, -0.2) is 4.79 Å². The van der Waals surface area contributed by atoms with Crippen LogP contribution in [0.3, 0.4) is 0 Å². The van der Waals surface area contributed by atoms with E-state index in [4.69, 9.17) is 9.47 Å². The molecule has 0 aliphatic heterocycles. The minimum absolute atomic E-state index is 0.0513. The molecule has 0 spiro atoms. The smallest absolute Gasteiger partial charge is 0.337 e. The molecule has 1 aliphatic carbocycles. The third-order valence-electron chi connectivity index (χ3n) is 5.84. The van der Waals surface area contributed by atoms with Crippen molar-refractivity contribution < 1.29 is 19.1 Å². The first-order valence-electron chi connectivity index (χ1n) is 11.0. The van der Waals surface area contributed by atoms with Gasteiger partial charge in [-0.3, -0.25) is 4.79 Å². The van der Waals surface area contributed by atoms with E-state index in [1.54, 1.807) is 12.1 Å². The molecule has 3 rings (SSSR count). The van der Waals surface area contributed by atoms with Crippen LogP contribution in [0.1, 0.15) is 54.6 Å². The topological polar surface area (TPSA) is 76.7 Å². The Morgan fingerprint density at radius 2 is 1.68 bits per heavy atom. The molecule has 2 aromatic rings. The van der Waals surface area contributed by atoms with E-state index >= 15 is 0 Å². The number of benzene rings is 2. The van der Waals surface area contributed by atoms with E-state index in [-0.39, 0.29) is 23.8 Å². The summed E-state index contributed by atoms with van der Waals surface area (Å²) in [6.45, 7) is 3.40. The van der Waals surface area contributed by atoms with Crippen LogP contribution in [0.2, 0.25) is 0 Å². The molecule has 1 saturated carbocycles. The van der Waals surface area contributed by atoms with Crippen molar-refractivity contribution in [3.63, 3.8) is 0 Å². The number of carbonyl (C=O) groups is 2. The number of rotatable bonds is 9. The molecule has 0 bridgehead atoms. The Bertz CT molecular complexity index is 830. The largest absolute Gasteiger partial charge is 0.492 e. The van der Waals surface area contributed by atoms with Gasteiger partial charge < -0.3 is 20.1 Å². The van der Waals surface area contributed by atoms with Gasteiger partial charge in [-0.2, -0.15) is 0 Å². The van der Waals surface area contributed by atoms with Crippen LogP contribution in [0.4, 0.5) is 0 Å². The summed E-state index contributed by atoms with van der Waals surface area (Å²) in [5, 5.41) is 6.66. The number of hydrogen-bond donors (Lipinski definition) is 2. The van der Waals surface area contributed by atoms with E-state index in [1.807, 2.05) is 49.4 Å². The maximum Gasteiger partial charge on any atom is 0.337 e. The van der Waals surface area contributed by atoms with Crippen LogP contribution >= 0.6 is 0 Å². The van der Waals surface area contributed by atoms with Crippen molar-refractivity contribution in [1.29, 1.82) is 0 Å². The zero-order chi connectivity index (χ0) is 22.1. The zero-order valence-electron chi connectivity index (χ0n) is 18.3. The summed E-state index contributed by atoms with van der Waals surface area (Å²) < 4.78 is 10.4. The Balaban J connectivity index is 1.36. The molecule has 2 N–H and O–H groups in total. The zero-order valence-corrected chi connectivity index (χ0v) is 18.3. The van der Waals surface area contributed by atoms with Crippen molar-refractivity contribution in [2.75, 3.05) is 20.3 Å². The summed E-state index contributed by atoms with van der Waals surface area (Å²) in [6, 6.07) is 17.3. The number of hydrogen-bond acceptors (Lipinski definition) is 5. The van der Waals surface area contributed by atoms with Gasteiger partial charge in [0.25, 0.3) is 0 Å². The van der Waals surface area contributed by atoms with E-state index in [2.05, 4.69) is 10.6 Å². The first-order chi connectivity index (χ1) is 15.1. The van der Waals surface area contributed by atoms with Crippen LogP contribution in [-0.2, 0) is 9.53 Å². The number of methoxy groups -OCH3 is 1. The van der Waals surface area contributed by atoms with Gasteiger partial charge >= 0.3 is 5.97 Å². The van der Waals surface area contributed by atoms with Crippen molar-refractivity contribution in [2.45, 2.75) is 44.7 Å². The third-order valence-corrected chi connectivity index (χ3v) is 5.84. The van der Waals surface area contributed by atoms with Crippen LogP contribution in [0.15, 0.2) is 54.6 Å². The van der Waals surface area contributed by atoms with Gasteiger partial charge in [-0.15, -0.1) is 0 Å². The lowest BCUT2D eigenvalue weighted by molar-refractivity contribution is -0.126. The molecule has 6 nitrogen and oxygen atoms in total. The summed E-state index contributed by atoms with van der Waals surface area (Å²) in [5.41, 5.74) is 1.47. The SMILES string of the molecule is COC(=O)c1ccc(C(C)NC(=O)C2CCC(NCCOc3ccccc3)CC2)cc1. The molecular formula is C25H32N2O4. The highest BCUT2D eigenvalue weighted by Gasteiger charge is 2.27. The number of amides is 1. The molecule has 2 aromatic carbocycles. The second kappa shape index (κ2) is 11.5. The summed E-state index contributed by atoms with van der Waals surface area (Å²) in [5.74, 6) is 0.685. The van der Waals surface area contributed by atoms with Gasteiger partial charge in [0.05, 0.1) is 18.7 Å². The molecule has 0 heterocycles. The fourth-order valence-corrected chi connectivity index (χ4v) is 3.95. The van der Waals surface area contributed by atoms with Gasteiger partial charge in [0.15, 0.2) is 0 Å². The standard InChI is InChI=1S/C25H32N2O4/c1-18(19-8-10-21(11-9-19)25(29)30-2)27-24(28)20-12-14-22(15-13-20)26-16-17-31-23-6-4-3-5-7-23/h3-11,18,20,22,26H,12-17H2,1-2H3,(H,27,28). The Labute approximate surface area is 184 Å². The molecule has 1 aliphatic rings. The highest BCUT2D eigenvalue weighted by atomic mass is 16.5. The predicted molar refractivity (Wildman–Crippen MR) is 120 cm³/mol. The molecule has 1 atom stereocenters. The highest BCUT2D eigenvalue weighted by Crippen LogP contribution is 2.25. The molecule has 1 amide bonds. The monoisotopic (exact) mass is 424 g/mol. The van der Waals surface area contributed by atoms with Crippen LogP contribution in [-0.4, -0.2) is 38.2 Å². The Kier molecular flexibility index (Phi) is 8.47. The lowest BCUT2D eigenvalue weighted by Gasteiger charge is -2.29. The molecule has 1 fully saturated rings. The van der Waals surface area contributed by atoms with Gasteiger partial charge in [0.1, 0.15) is 12.4 Å². The number of ether oxygens (including phenoxy) is 2. The average Bonchev–Trinajstić information content (AvgIpc) is 2.82. The Hall–Kier alpha value is -2.86. The van der Waals surface area contributed by atoms with Crippen molar-refractivity contribution in [2.24, 2.45) is 5.92 Å². The average molecular weight is 425 g/mol. The number of carbonyl (C=O) groups excluding carboxylic acids is 2. The number of esters is 1. The van der Waals surface area contributed by atoms with E-state index in [1.165, 1.54) is 7.11 Å². The van der Waals surface area contributed by atoms with E-state index in [0.717, 1.165) is 43.5 Å². The molecule has 6 heteroatoms. The van der Waals surface area contributed by atoms with E-state index < -0.39 is 0 Å². The van der Waals surface area contributed by atoms with Crippen LogP contribution in [0.5, 0.6) is 5.75 Å². The summed E-state index contributed by atoms with van der Waals surface area (Å²) in [4.78, 5) is 24.3. The molecule has 0 saturated heterocycles. The maximum atomic E-state index is 12.7. The van der Waals surface area contributed by atoms with Gasteiger partial charge in [0.2, 0.25) is 5.91 Å². The predicted octanol–water partition coefficient (Wildman–Crippen LogP) is 3.88. The van der Waals surface area contributed by atoms with Crippen molar-refractivity contribution in [3.8, 4) is 5.75 Å². The second-order valence-electron chi connectivity index (χ2n) is 8.01. The summed E-state index contributed by atoms with van der Waals surface area (Å²) in [6.07, 6.45) is 3.76. The van der Waals surface area contributed by atoms with Crippen molar-refractivity contribution >= 4 is 11.9 Å². The quantitative estimate of drug-likeness (QED) is 0.472.